The van der Waals surface area contributed by atoms with E-state index in [4.69, 9.17) is 9.47 Å². The van der Waals surface area contributed by atoms with Crippen LogP contribution < -0.4 is 16.0 Å². The monoisotopic (exact) mass is 342 g/mol. The molecule has 0 bridgehead atoms. The van der Waals surface area contributed by atoms with E-state index in [0.717, 1.165) is 26.0 Å². The van der Waals surface area contributed by atoms with Gasteiger partial charge in [-0.1, -0.05) is 13.8 Å². The molecule has 0 saturated carbocycles. The predicted octanol–water partition coefficient (Wildman–Crippen LogP) is 1.88. The molecule has 7 heteroatoms. The number of amides is 1. The second kappa shape index (κ2) is 9.71. The summed E-state index contributed by atoms with van der Waals surface area (Å²) in [6, 6.07) is -0.0545. The molecule has 1 rings (SSSR count). The second-order valence-electron chi connectivity index (χ2n) is 7.47. The fraction of sp³-hybridized carbons (Fsp3) is 0.882. The molecule has 0 radical (unpaired) electrons. The molecule has 0 aliphatic carbocycles. The summed E-state index contributed by atoms with van der Waals surface area (Å²) in [4.78, 5) is 16.2. The van der Waals surface area contributed by atoms with E-state index >= 15 is 0 Å². The zero-order valence-corrected chi connectivity index (χ0v) is 15.9. The molecular weight excluding hydrogens is 308 g/mol. The van der Waals surface area contributed by atoms with Crippen molar-refractivity contribution in [3.05, 3.63) is 0 Å². The molecule has 0 aromatic rings. The van der Waals surface area contributed by atoms with Crippen molar-refractivity contribution in [2.45, 2.75) is 65.2 Å². The number of nitrogens with one attached hydrogen (secondary N) is 3. The fourth-order valence-electron chi connectivity index (χ4n) is 2.36. The highest BCUT2D eigenvalue weighted by Crippen LogP contribution is 2.10. The first-order chi connectivity index (χ1) is 11.2. The third-order valence-electron chi connectivity index (χ3n) is 3.74. The van der Waals surface area contributed by atoms with Crippen LogP contribution in [-0.2, 0) is 9.47 Å². The summed E-state index contributed by atoms with van der Waals surface area (Å²) >= 11 is 0. The van der Waals surface area contributed by atoms with E-state index < -0.39 is 11.7 Å². The number of ether oxygens (including phenoxy) is 2. The molecule has 1 aliphatic heterocycles. The molecule has 7 nitrogen and oxygen atoms in total. The molecule has 140 valence electrons. The molecule has 24 heavy (non-hydrogen) atoms. The number of aliphatic imine (C=N–C) groups is 1. The van der Waals surface area contributed by atoms with Crippen molar-refractivity contribution in [2.75, 3.05) is 26.7 Å². The van der Waals surface area contributed by atoms with Gasteiger partial charge in [0.2, 0.25) is 0 Å². The fourth-order valence-corrected chi connectivity index (χ4v) is 2.36. The highest BCUT2D eigenvalue weighted by atomic mass is 16.6. The maximum atomic E-state index is 12.0. The molecule has 1 fully saturated rings. The van der Waals surface area contributed by atoms with E-state index in [1.807, 2.05) is 20.8 Å². The van der Waals surface area contributed by atoms with Crippen LogP contribution in [0.3, 0.4) is 0 Å². The average molecular weight is 342 g/mol. The molecule has 2 unspecified atom stereocenters. The van der Waals surface area contributed by atoms with Gasteiger partial charge in [0.1, 0.15) is 5.60 Å². The summed E-state index contributed by atoms with van der Waals surface area (Å²) in [6.45, 7) is 11.8. The quantitative estimate of drug-likeness (QED) is 0.507. The standard InChI is InChI=1S/C17H34N4O3/c1-12(2)14(21-16(22)24-17(3,4)5)11-20-15(18-6)19-10-13-8-7-9-23-13/h12-14H,7-11H2,1-6H3,(H,21,22)(H2,18,19,20). The van der Waals surface area contributed by atoms with Crippen LogP contribution in [-0.4, -0.2) is 56.5 Å². The van der Waals surface area contributed by atoms with E-state index in [1.165, 1.54) is 0 Å². The van der Waals surface area contributed by atoms with Crippen molar-refractivity contribution in [3.63, 3.8) is 0 Å². The maximum Gasteiger partial charge on any atom is 0.407 e. The molecule has 2 atom stereocenters. The van der Waals surface area contributed by atoms with Gasteiger partial charge in [0.25, 0.3) is 0 Å². The van der Waals surface area contributed by atoms with Gasteiger partial charge in [-0.3, -0.25) is 4.99 Å². The van der Waals surface area contributed by atoms with Gasteiger partial charge in [0.15, 0.2) is 5.96 Å². The minimum absolute atomic E-state index is 0.0545. The number of alkyl carbamates (subject to hydrolysis) is 1. The largest absolute Gasteiger partial charge is 0.444 e. The highest BCUT2D eigenvalue weighted by molar-refractivity contribution is 5.79. The normalized spacial score (nSPS) is 20.0. The van der Waals surface area contributed by atoms with Crippen LogP contribution in [0.2, 0.25) is 0 Å². The van der Waals surface area contributed by atoms with E-state index in [2.05, 4.69) is 34.8 Å². The topological polar surface area (TPSA) is 84.0 Å². The van der Waals surface area contributed by atoms with Crippen molar-refractivity contribution in [1.82, 2.24) is 16.0 Å². The molecule has 3 N–H and O–H groups in total. The minimum atomic E-state index is -0.502. The van der Waals surface area contributed by atoms with Gasteiger partial charge in [0.05, 0.1) is 12.1 Å². The van der Waals surface area contributed by atoms with E-state index in [1.54, 1.807) is 7.05 Å². The Balaban J connectivity index is 2.41. The Kier molecular flexibility index (Phi) is 8.31. The van der Waals surface area contributed by atoms with E-state index in [-0.39, 0.29) is 18.1 Å². The Labute approximate surface area is 146 Å². The van der Waals surface area contributed by atoms with Gasteiger partial charge in [-0.2, -0.15) is 0 Å². The van der Waals surface area contributed by atoms with Crippen LogP contribution in [0, 0.1) is 5.92 Å². The number of rotatable bonds is 6. The summed E-state index contributed by atoms with van der Waals surface area (Å²) in [5, 5.41) is 9.44. The molecule has 1 saturated heterocycles. The van der Waals surface area contributed by atoms with E-state index in [0.29, 0.717) is 12.5 Å². The lowest BCUT2D eigenvalue weighted by atomic mass is 10.0. The zero-order valence-electron chi connectivity index (χ0n) is 15.9. The lowest BCUT2D eigenvalue weighted by molar-refractivity contribution is 0.0491. The SMILES string of the molecule is CN=C(NCC1CCCO1)NCC(NC(=O)OC(C)(C)C)C(C)C. The Morgan fingerprint density at radius 1 is 1.33 bits per heavy atom. The Bertz CT molecular complexity index is 413. The van der Waals surface area contributed by atoms with Gasteiger partial charge >= 0.3 is 6.09 Å². The zero-order chi connectivity index (χ0) is 18.2. The maximum absolute atomic E-state index is 12.0. The van der Waals surface area contributed by atoms with Gasteiger partial charge in [0, 0.05) is 26.7 Å². The molecule has 0 aromatic carbocycles. The van der Waals surface area contributed by atoms with Crippen molar-refractivity contribution < 1.29 is 14.3 Å². The number of guanidine groups is 1. The van der Waals surface area contributed by atoms with Gasteiger partial charge in [-0.15, -0.1) is 0 Å². The molecule has 0 aromatic heterocycles. The first-order valence-electron chi connectivity index (χ1n) is 8.77. The molecule has 1 amide bonds. The second-order valence-corrected chi connectivity index (χ2v) is 7.47. The third-order valence-corrected chi connectivity index (χ3v) is 3.74. The van der Waals surface area contributed by atoms with Crippen LogP contribution in [0.4, 0.5) is 4.79 Å². The summed E-state index contributed by atoms with van der Waals surface area (Å²) in [5.41, 5.74) is -0.502. The van der Waals surface area contributed by atoms with Crippen LogP contribution in [0.1, 0.15) is 47.5 Å². The lowest BCUT2D eigenvalue weighted by Crippen LogP contribution is -2.50. The lowest BCUT2D eigenvalue weighted by Gasteiger charge is -2.26. The van der Waals surface area contributed by atoms with Crippen LogP contribution in [0.5, 0.6) is 0 Å². The number of carbonyl (C=O) groups excluding carboxylic acids is 1. The summed E-state index contributed by atoms with van der Waals surface area (Å²) in [7, 11) is 1.73. The van der Waals surface area contributed by atoms with Crippen LogP contribution in [0.15, 0.2) is 4.99 Å². The number of hydrogen-bond donors (Lipinski definition) is 3. The van der Waals surface area contributed by atoms with Crippen molar-refractivity contribution in [1.29, 1.82) is 0 Å². The minimum Gasteiger partial charge on any atom is -0.444 e. The molecule has 1 aliphatic rings. The predicted molar refractivity (Wildman–Crippen MR) is 96.3 cm³/mol. The summed E-state index contributed by atoms with van der Waals surface area (Å²) < 4.78 is 10.9. The number of hydrogen-bond acceptors (Lipinski definition) is 4. The van der Waals surface area contributed by atoms with Crippen LogP contribution >= 0.6 is 0 Å². The van der Waals surface area contributed by atoms with Crippen molar-refractivity contribution in [2.24, 2.45) is 10.9 Å². The highest BCUT2D eigenvalue weighted by Gasteiger charge is 2.22. The Hall–Kier alpha value is -1.50. The first kappa shape index (κ1) is 20.5. The van der Waals surface area contributed by atoms with Gasteiger partial charge in [-0.25, -0.2) is 4.79 Å². The molecule has 1 heterocycles. The Morgan fingerprint density at radius 3 is 2.54 bits per heavy atom. The van der Waals surface area contributed by atoms with Crippen molar-refractivity contribution in [3.8, 4) is 0 Å². The van der Waals surface area contributed by atoms with Crippen LogP contribution in [0.25, 0.3) is 0 Å². The summed E-state index contributed by atoms with van der Waals surface area (Å²) in [6.07, 6.45) is 2.06. The Morgan fingerprint density at radius 2 is 2.04 bits per heavy atom. The summed E-state index contributed by atoms with van der Waals surface area (Å²) in [5.74, 6) is 0.975. The van der Waals surface area contributed by atoms with Gasteiger partial charge in [-0.05, 0) is 39.5 Å². The average Bonchev–Trinajstić information content (AvgIpc) is 2.97. The molecular formula is C17H34N4O3. The first-order valence-corrected chi connectivity index (χ1v) is 8.77. The van der Waals surface area contributed by atoms with Gasteiger partial charge < -0.3 is 25.4 Å². The molecule has 0 spiro atoms. The van der Waals surface area contributed by atoms with Crippen molar-refractivity contribution >= 4 is 12.1 Å². The van der Waals surface area contributed by atoms with E-state index in [9.17, 15) is 4.79 Å². The number of carbonyl (C=O) groups is 1. The third kappa shape index (κ3) is 8.38. The smallest absolute Gasteiger partial charge is 0.407 e. The number of nitrogens with zero attached hydrogens (tertiary/aromatic N) is 1.